The Hall–Kier alpha value is -4.22. The van der Waals surface area contributed by atoms with E-state index in [0.717, 1.165) is 65.8 Å². The van der Waals surface area contributed by atoms with Crippen LogP contribution in [0.15, 0.2) is 103 Å². The lowest BCUT2D eigenvalue weighted by atomic mass is 10.1. The normalized spacial score (nSPS) is 14.3. The van der Waals surface area contributed by atoms with E-state index in [1.165, 1.54) is 5.56 Å². The Balaban J connectivity index is 1.27. The SMILES string of the molecule is O=C(Nc1cnc2ccccc2c1N1CCN(Cc2ccccc2)CC1)c1ccc2ccccc2c1. The zero-order chi connectivity index (χ0) is 24.3. The summed E-state index contributed by atoms with van der Waals surface area (Å²) in [5.74, 6) is -0.123. The summed E-state index contributed by atoms with van der Waals surface area (Å²) in [5.41, 5.74) is 4.71. The summed E-state index contributed by atoms with van der Waals surface area (Å²) in [7, 11) is 0. The van der Waals surface area contributed by atoms with Crippen LogP contribution in [0.3, 0.4) is 0 Å². The van der Waals surface area contributed by atoms with E-state index in [2.05, 4.69) is 62.6 Å². The second-order valence-corrected chi connectivity index (χ2v) is 9.30. The van der Waals surface area contributed by atoms with Crippen molar-refractivity contribution < 1.29 is 4.79 Å². The van der Waals surface area contributed by atoms with Gasteiger partial charge in [-0.05, 0) is 34.5 Å². The Morgan fingerprint density at radius 3 is 2.33 bits per heavy atom. The van der Waals surface area contributed by atoms with Crippen LogP contribution < -0.4 is 10.2 Å². The molecule has 1 aliphatic heterocycles. The first-order chi connectivity index (χ1) is 17.7. The van der Waals surface area contributed by atoms with Crippen LogP contribution >= 0.6 is 0 Å². The average molecular weight is 473 g/mol. The second-order valence-electron chi connectivity index (χ2n) is 9.30. The van der Waals surface area contributed by atoms with Gasteiger partial charge in [-0.15, -0.1) is 0 Å². The van der Waals surface area contributed by atoms with E-state index in [0.29, 0.717) is 5.56 Å². The number of amides is 1. The van der Waals surface area contributed by atoms with Gasteiger partial charge in [0.25, 0.3) is 5.91 Å². The van der Waals surface area contributed by atoms with Crippen molar-refractivity contribution in [2.45, 2.75) is 6.54 Å². The number of fused-ring (bicyclic) bond motifs is 2. The number of anilines is 2. The number of rotatable bonds is 5. The van der Waals surface area contributed by atoms with Crippen LogP contribution in [0.4, 0.5) is 11.4 Å². The van der Waals surface area contributed by atoms with E-state index in [9.17, 15) is 4.79 Å². The van der Waals surface area contributed by atoms with Gasteiger partial charge in [0.2, 0.25) is 0 Å². The molecule has 5 nitrogen and oxygen atoms in total. The molecule has 5 aromatic rings. The average Bonchev–Trinajstić information content (AvgIpc) is 2.94. The third kappa shape index (κ3) is 4.53. The molecule has 0 spiro atoms. The zero-order valence-corrected chi connectivity index (χ0v) is 20.1. The van der Waals surface area contributed by atoms with Gasteiger partial charge in [-0.2, -0.15) is 0 Å². The molecule has 0 unspecified atom stereocenters. The van der Waals surface area contributed by atoms with Gasteiger partial charge in [0.05, 0.1) is 23.1 Å². The smallest absolute Gasteiger partial charge is 0.255 e. The largest absolute Gasteiger partial charge is 0.367 e. The van der Waals surface area contributed by atoms with E-state index in [1.807, 2.05) is 54.6 Å². The molecule has 1 amide bonds. The number of piperazine rings is 1. The number of hydrogen-bond acceptors (Lipinski definition) is 4. The van der Waals surface area contributed by atoms with Gasteiger partial charge < -0.3 is 10.2 Å². The third-order valence-electron chi connectivity index (χ3n) is 6.94. The molecule has 0 bridgehead atoms. The summed E-state index contributed by atoms with van der Waals surface area (Å²) in [6.07, 6.45) is 1.80. The Labute approximate surface area is 211 Å². The first-order valence-electron chi connectivity index (χ1n) is 12.4. The molecule has 1 N–H and O–H groups in total. The molecule has 178 valence electrons. The summed E-state index contributed by atoms with van der Waals surface area (Å²) in [5, 5.41) is 6.41. The van der Waals surface area contributed by atoms with Crippen molar-refractivity contribution in [3.05, 3.63) is 114 Å². The molecule has 4 aromatic carbocycles. The van der Waals surface area contributed by atoms with Gasteiger partial charge >= 0.3 is 0 Å². The fourth-order valence-corrected chi connectivity index (χ4v) is 5.06. The van der Waals surface area contributed by atoms with E-state index in [-0.39, 0.29) is 5.91 Å². The van der Waals surface area contributed by atoms with E-state index in [1.54, 1.807) is 6.20 Å². The fraction of sp³-hybridized carbons (Fsp3) is 0.161. The van der Waals surface area contributed by atoms with Crippen LogP contribution in [0.5, 0.6) is 0 Å². The molecule has 1 fully saturated rings. The quantitative estimate of drug-likeness (QED) is 0.343. The lowest BCUT2D eigenvalue weighted by molar-refractivity contribution is 0.102. The molecule has 36 heavy (non-hydrogen) atoms. The predicted octanol–water partition coefficient (Wildman–Crippen LogP) is 5.96. The van der Waals surface area contributed by atoms with Crippen molar-refractivity contribution in [2.24, 2.45) is 0 Å². The molecule has 1 aliphatic rings. The monoisotopic (exact) mass is 472 g/mol. The standard InChI is InChI=1S/C31H28N4O/c36-31(26-15-14-24-10-4-5-11-25(24)20-26)33-29-21-32-28-13-7-6-12-27(28)30(29)35-18-16-34(17-19-35)22-23-8-2-1-3-9-23/h1-15,20-21H,16-19,22H2,(H,33,36). The number of carbonyl (C=O) groups excluding carboxylic acids is 1. The third-order valence-corrected chi connectivity index (χ3v) is 6.94. The first kappa shape index (κ1) is 22.3. The number of nitrogens with zero attached hydrogens (tertiary/aromatic N) is 3. The maximum Gasteiger partial charge on any atom is 0.255 e. The van der Waals surface area contributed by atoms with Crippen LogP contribution in [0.25, 0.3) is 21.7 Å². The van der Waals surface area contributed by atoms with Crippen molar-refractivity contribution in [1.82, 2.24) is 9.88 Å². The fourth-order valence-electron chi connectivity index (χ4n) is 5.06. The molecule has 0 saturated carbocycles. The molecule has 0 atom stereocenters. The molecule has 5 heteroatoms. The molecular weight excluding hydrogens is 444 g/mol. The van der Waals surface area contributed by atoms with Crippen LogP contribution in [0, 0.1) is 0 Å². The highest BCUT2D eigenvalue weighted by atomic mass is 16.1. The highest BCUT2D eigenvalue weighted by Crippen LogP contribution is 2.34. The second kappa shape index (κ2) is 9.80. The maximum absolute atomic E-state index is 13.3. The predicted molar refractivity (Wildman–Crippen MR) is 148 cm³/mol. The number of benzene rings is 4. The van der Waals surface area contributed by atoms with Crippen molar-refractivity contribution in [2.75, 3.05) is 36.4 Å². The minimum atomic E-state index is -0.123. The summed E-state index contributed by atoms with van der Waals surface area (Å²) in [4.78, 5) is 22.8. The Morgan fingerprint density at radius 2 is 1.50 bits per heavy atom. The molecule has 2 heterocycles. The molecule has 0 radical (unpaired) electrons. The molecular formula is C31H28N4O. The number of nitrogens with one attached hydrogen (secondary N) is 1. The van der Waals surface area contributed by atoms with E-state index >= 15 is 0 Å². The Morgan fingerprint density at radius 1 is 0.778 bits per heavy atom. The Kier molecular flexibility index (Phi) is 6.06. The van der Waals surface area contributed by atoms with Crippen LogP contribution in [-0.4, -0.2) is 42.0 Å². The number of aromatic nitrogens is 1. The van der Waals surface area contributed by atoms with Gasteiger partial charge in [-0.1, -0.05) is 78.9 Å². The summed E-state index contributed by atoms with van der Waals surface area (Å²) < 4.78 is 0. The molecule has 1 saturated heterocycles. The van der Waals surface area contributed by atoms with Crippen molar-refractivity contribution in [1.29, 1.82) is 0 Å². The van der Waals surface area contributed by atoms with Gasteiger partial charge in [0, 0.05) is 43.7 Å². The van der Waals surface area contributed by atoms with Gasteiger partial charge in [-0.3, -0.25) is 14.7 Å². The van der Waals surface area contributed by atoms with E-state index in [4.69, 9.17) is 0 Å². The van der Waals surface area contributed by atoms with Gasteiger partial charge in [0.15, 0.2) is 0 Å². The highest BCUT2D eigenvalue weighted by Gasteiger charge is 2.23. The number of hydrogen-bond donors (Lipinski definition) is 1. The van der Waals surface area contributed by atoms with Crippen LogP contribution in [0.2, 0.25) is 0 Å². The van der Waals surface area contributed by atoms with Crippen LogP contribution in [-0.2, 0) is 6.54 Å². The van der Waals surface area contributed by atoms with Gasteiger partial charge in [-0.25, -0.2) is 0 Å². The lowest BCUT2D eigenvalue weighted by Crippen LogP contribution is -2.46. The molecule has 0 aliphatic carbocycles. The summed E-state index contributed by atoms with van der Waals surface area (Å²) in [6.45, 7) is 4.66. The topological polar surface area (TPSA) is 48.5 Å². The highest BCUT2D eigenvalue weighted by molar-refractivity contribution is 6.10. The zero-order valence-electron chi connectivity index (χ0n) is 20.1. The number of para-hydroxylation sites is 1. The van der Waals surface area contributed by atoms with Crippen molar-refractivity contribution in [3.63, 3.8) is 0 Å². The summed E-state index contributed by atoms with van der Waals surface area (Å²) in [6, 6.07) is 32.7. The first-order valence-corrected chi connectivity index (χ1v) is 12.4. The molecule has 6 rings (SSSR count). The lowest BCUT2D eigenvalue weighted by Gasteiger charge is -2.37. The minimum absolute atomic E-state index is 0.123. The number of pyridine rings is 1. The van der Waals surface area contributed by atoms with E-state index < -0.39 is 0 Å². The van der Waals surface area contributed by atoms with Crippen molar-refractivity contribution in [3.8, 4) is 0 Å². The van der Waals surface area contributed by atoms with Crippen molar-refractivity contribution >= 4 is 39.0 Å². The molecule has 1 aromatic heterocycles. The van der Waals surface area contributed by atoms with Crippen LogP contribution in [0.1, 0.15) is 15.9 Å². The number of carbonyl (C=O) groups is 1. The minimum Gasteiger partial charge on any atom is -0.367 e. The van der Waals surface area contributed by atoms with Gasteiger partial charge in [0.1, 0.15) is 0 Å². The Bertz CT molecular complexity index is 1520. The summed E-state index contributed by atoms with van der Waals surface area (Å²) >= 11 is 0. The maximum atomic E-state index is 13.3.